The number of carbonyl (C=O) groups is 2. The van der Waals surface area contributed by atoms with Gasteiger partial charge in [-0.2, -0.15) is 0 Å². The Bertz CT molecular complexity index is 1440. The van der Waals surface area contributed by atoms with Gasteiger partial charge in [0.2, 0.25) is 0 Å². The Hall–Kier alpha value is -5.19. The van der Waals surface area contributed by atoms with Crippen LogP contribution in [0.4, 0.5) is 5.69 Å². The zero-order valence-corrected chi connectivity index (χ0v) is 20.5. The molecule has 0 spiro atoms. The largest absolute Gasteiger partial charge is 0.497 e. The summed E-state index contributed by atoms with van der Waals surface area (Å²) in [5, 5.41) is 16.6. The van der Waals surface area contributed by atoms with Crippen LogP contribution in [0.2, 0.25) is 0 Å². The number of methoxy groups -OCH3 is 1. The first-order valence-corrected chi connectivity index (χ1v) is 11.7. The highest BCUT2D eigenvalue weighted by Crippen LogP contribution is 2.26. The van der Waals surface area contributed by atoms with Crippen molar-refractivity contribution in [3.63, 3.8) is 0 Å². The van der Waals surface area contributed by atoms with Crippen molar-refractivity contribution in [2.24, 2.45) is 0 Å². The SMILES string of the molecule is COc1ccc(C(=O)N/C(=C/c2ccc(-c3cccc([N+](=O)[O-])c3)o2)C(=O)NCCCn2ccnc2)cc1. The first-order chi connectivity index (χ1) is 18.4. The molecule has 194 valence electrons. The van der Waals surface area contributed by atoms with Gasteiger partial charge in [0, 0.05) is 54.8 Å². The summed E-state index contributed by atoms with van der Waals surface area (Å²) in [5.74, 6) is 0.271. The first kappa shape index (κ1) is 25.9. The molecule has 11 nitrogen and oxygen atoms in total. The van der Waals surface area contributed by atoms with E-state index in [0.29, 0.717) is 42.1 Å². The number of ether oxygens (including phenoxy) is 1. The molecular weight excluding hydrogens is 490 g/mol. The molecule has 2 aromatic carbocycles. The quantitative estimate of drug-likeness (QED) is 0.133. The summed E-state index contributed by atoms with van der Waals surface area (Å²) in [4.78, 5) is 40.5. The number of nitro benzene ring substituents is 1. The number of nitrogens with zero attached hydrogens (tertiary/aromatic N) is 3. The Balaban J connectivity index is 1.52. The summed E-state index contributed by atoms with van der Waals surface area (Å²) >= 11 is 0. The van der Waals surface area contributed by atoms with Gasteiger partial charge in [-0.1, -0.05) is 12.1 Å². The van der Waals surface area contributed by atoms with Crippen molar-refractivity contribution in [3.05, 3.63) is 107 Å². The molecule has 38 heavy (non-hydrogen) atoms. The minimum Gasteiger partial charge on any atom is -0.497 e. The minimum absolute atomic E-state index is 0.0200. The molecule has 0 radical (unpaired) electrons. The zero-order chi connectivity index (χ0) is 26.9. The van der Waals surface area contributed by atoms with Crippen LogP contribution in [0.1, 0.15) is 22.5 Å². The summed E-state index contributed by atoms with van der Waals surface area (Å²) in [6.07, 6.45) is 7.27. The third-order valence-electron chi connectivity index (χ3n) is 5.54. The number of non-ortho nitro benzene ring substituents is 1. The number of rotatable bonds is 11. The fourth-order valence-electron chi connectivity index (χ4n) is 3.57. The molecule has 2 N–H and O–H groups in total. The Morgan fingerprint density at radius 3 is 2.68 bits per heavy atom. The van der Waals surface area contributed by atoms with Gasteiger partial charge in [0.15, 0.2) is 0 Å². The van der Waals surface area contributed by atoms with Crippen LogP contribution in [0.15, 0.2) is 89.5 Å². The predicted octanol–water partition coefficient (Wildman–Crippen LogP) is 4.04. The van der Waals surface area contributed by atoms with Crippen molar-refractivity contribution in [3.8, 4) is 17.1 Å². The van der Waals surface area contributed by atoms with Crippen molar-refractivity contribution in [2.45, 2.75) is 13.0 Å². The van der Waals surface area contributed by atoms with Crippen molar-refractivity contribution in [1.29, 1.82) is 0 Å². The maximum Gasteiger partial charge on any atom is 0.270 e. The molecule has 0 atom stereocenters. The number of carbonyl (C=O) groups excluding carboxylic acids is 2. The fourth-order valence-corrected chi connectivity index (χ4v) is 3.57. The molecule has 0 saturated heterocycles. The molecule has 0 fully saturated rings. The molecule has 0 aliphatic carbocycles. The van der Waals surface area contributed by atoms with Crippen molar-refractivity contribution < 1.29 is 23.7 Å². The van der Waals surface area contributed by atoms with E-state index in [4.69, 9.17) is 9.15 Å². The second-order valence-corrected chi connectivity index (χ2v) is 8.16. The van der Waals surface area contributed by atoms with E-state index >= 15 is 0 Å². The molecule has 4 aromatic rings. The summed E-state index contributed by atoms with van der Waals surface area (Å²) in [6.45, 7) is 1.03. The highest BCUT2D eigenvalue weighted by atomic mass is 16.6. The van der Waals surface area contributed by atoms with E-state index in [0.717, 1.165) is 0 Å². The summed E-state index contributed by atoms with van der Waals surface area (Å²) in [7, 11) is 1.53. The van der Waals surface area contributed by atoms with Crippen LogP contribution in [-0.4, -0.2) is 39.9 Å². The zero-order valence-electron chi connectivity index (χ0n) is 20.5. The van der Waals surface area contributed by atoms with Gasteiger partial charge in [0.05, 0.1) is 18.4 Å². The van der Waals surface area contributed by atoms with Gasteiger partial charge >= 0.3 is 0 Å². The number of hydrogen-bond donors (Lipinski definition) is 2. The Morgan fingerprint density at radius 1 is 1.16 bits per heavy atom. The van der Waals surface area contributed by atoms with Crippen LogP contribution in [0.5, 0.6) is 5.75 Å². The number of nitro groups is 1. The van der Waals surface area contributed by atoms with Crippen molar-refractivity contribution in [1.82, 2.24) is 20.2 Å². The number of amides is 2. The summed E-state index contributed by atoms with van der Waals surface area (Å²) < 4.78 is 12.8. The molecule has 2 amide bonds. The number of aromatic nitrogens is 2. The standard InChI is InChI=1S/C27H25N5O6/c1-37-22-8-6-19(7-9-22)26(33)30-24(27(34)29-12-3-14-31-15-13-28-18-31)17-23-10-11-25(38-23)20-4-2-5-21(16-20)32(35)36/h2,4-11,13,15-18H,3,12,14H2,1H3,(H,29,34)(H,30,33)/b24-17+. The first-order valence-electron chi connectivity index (χ1n) is 11.7. The van der Waals surface area contributed by atoms with Crippen molar-refractivity contribution in [2.75, 3.05) is 13.7 Å². The third-order valence-corrected chi connectivity index (χ3v) is 5.54. The van der Waals surface area contributed by atoms with Crippen molar-refractivity contribution >= 4 is 23.6 Å². The van der Waals surface area contributed by atoms with Gasteiger partial charge in [-0.05, 0) is 42.8 Å². The van der Waals surface area contributed by atoms with E-state index in [1.54, 1.807) is 61.1 Å². The third kappa shape index (κ3) is 6.72. The van der Waals surface area contributed by atoms with Crippen LogP contribution in [-0.2, 0) is 11.3 Å². The lowest BCUT2D eigenvalue weighted by atomic mass is 10.1. The van der Waals surface area contributed by atoms with Gasteiger partial charge in [-0.3, -0.25) is 19.7 Å². The molecule has 0 unspecified atom stereocenters. The average molecular weight is 516 g/mol. The Kier molecular flexibility index (Phi) is 8.29. The van der Waals surface area contributed by atoms with Gasteiger partial charge in [-0.25, -0.2) is 4.98 Å². The molecule has 4 rings (SSSR count). The number of benzene rings is 2. The maximum absolute atomic E-state index is 13.0. The summed E-state index contributed by atoms with van der Waals surface area (Å²) in [6, 6.07) is 15.7. The minimum atomic E-state index is -0.495. The number of nitrogens with one attached hydrogen (secondary N) is 2. The second-order valence-electron chi connectivity index (χ2n) is 8.16. The van der Waals surface area contributed by atoms with E-state index < -0.39 is 16.7 Å². The van der Waals surface area contributed by atoms with Crippen LogP contribution in [0, 0.1) is 10.1 Å². The molecule has 0 aliphatic heterocycles. The predicted molar refractivity (Wildman–Crippen MR) is 139 cm³/mol. The number of imidazole rings is 1. The van der Waals surface area contributed by atoms with Gasteiger partial charge in [-0.15, -0.1) is 0 Å². The lowest BCUT2D eigenvalue weighted by Crippen LogP contribution is -2.35. The van der Waals surface area contributed by atoms with Crippen LogP contribution >= 0.6 is 0 Å². The number of furan rings is 1. The average Bonchev–Trinajstić information content (AvgIpc) is 3.63. The molecule has 2 heterocycles. The maximum atomic E-state index is 13.0. The molecule has 0 aliphatic rings. The van der Waals surface area contributed by atoms with Gasteiger partial charge < -0.3 is 24.4 Å². The normalized spacial score (nSPS) is 11.1. The Labute approximate surface area is 217 Å². The van der Waals surface area contributed by atoms with Crippen LogP contribution in [0.25, 0.3) is 17.4 Å². The second kappa shape index (κ2) is 12.2. The lowest BCUT2D eigenvalue weighted by Gasteiger charge is -2.11. The fraction of sp³-hybridized carbons (Fsp3) is 0.148. The van der Waals surface area contributed by atoms with E-state index in [1.165, 1.54) is 25.3 Å². The topological polar surface area (TPSA) is 142 Å². The monoisotopic (exact) mass is 515 g/mol. The lowest BCUT2D eigenvalue weighted by molar-refractivity contribution is -0.384. The number of aryl methyl sites for hydroxylation is 1. The molecule has 0 saturated carbocycles. The smallest absolute Gasteiger partial charge is 0.270 e. The van der Waals surface area contributed by atoms with Crippen LogP contribution < -0.4 is 15.4 Å². The summed E-state index contributed by atoms with van der Waals surface area (Å²) in [5.41, 5.74) is 0.750. The Morgan fingerprint density at radius 2 is 1.97 bits per heavy atom. The molecule has 11 heteroatoms. The van der Waals surface area contributed by atoms with E-state index in [2.05, 4.69) is 15.6 Å². The number of hydrogen-bond acceptors (Lipinski definition) is 7. The van der Waals surface area contributed by atoms with E-state index in [1.807, 2.05) is 10.8 Å². The van der Waals surface area contributed by atoms with Gasteiger partial charge in [0.25, 0.3) is 17.5 Å². The van der Waals surface area contributed by atoms with Crippen LogP contribution in [0.3, 0.4) is 0 Å². The molecular formula is C27H25N5O6. The van der Waals surface area contributed by atoms with E-state index in [-0.39, 0.29) is 17.1 Å². The van der Waals surface area contributed by atoms with E-state index in [9.17, 15) is 19.7 Å². The van der Waals surface area contributed by atoms with Gasteiger partial charge in [0.1, 0.15) is 23.0 Å². The highest BCUT2D eigenvalue weighted by Gasteiger charge is 2.16. The highest BCUT2D eigenvalue weighted by molar-refractivity contribution is 6.05. The molecule has 2 aromatic heterocycles. The molecule has 0 bridgehead atoms.